The standard InChI is InChI=1S/C30H36B2BrNO4.C18H10Br3N.C10H6BrNO2/c1-27(2)28(3,4)36-31(35-27)21-9-15-24(16-10-21)34(26-19-13-23(33)14-20-26)25-17-11-22(12-18-25)32-37-29(5,6)30(7,8)38-32;19-11-1-5-14(6-2-11)22-17-7-3-12(20)9-15(17)16-10-13(21)4-8-18(16)22;11-7-1-3-8(4-2-7)12-9(13)5-6-10(12)14/h9-20H,1-8H3;1-10H;1-6H. The Bertz CT molecular complexity index is 3210. The third-order valence-electron chi connectivity index (χ3n) is 14.1. The van der Waals surface area contributed by atoms with E-state index < -0.39 is 14.2 Å². The van der Waals surface area contributed by atoms with Gasteiger partial charge in [0, 0.05) is 68.0 Å². The molecule has 0 spiro atoms. The SMILES string of the molecule is Brc1ccc(-n2c3ccc(Br)cc3c3cc(Br)ccc32)cc1.CC1(C)OB(c2ccc(N(c3ccc(Br)cc3)c3ccc(B4OC(C)(C)C(C)(C)O4)cc3)cc2)OC1(C)C.O=C1C=CC(=O)N1c1ccc(Br)cc1. The molecule has 0 unspecified atom stereocenters. The maximum absolute atomic E-state index is 11.3. The summed E-state index contributed by atoms with van der Waals surface area (Å²) in [7, 11) is -0.788. The number of anilines is 4. The zero-order valence-electron chi connectivity index (χ0n) is 42.0. The van der Waals surface area contributed by atoms with Crippen LogP contribution in [0.4, 0.5) is 22.7 Å². The molecule has 0 atom stereocenters. The van der Waals surface area contributed by atoms with Gasteiger partial charge in [0.15, 0.2) is 0 Å². The lowest BCUT2D eigenvalue weighted by Crippen LogP contribution is -2.41. The molecule has 3 aliphatic rings. The summed E-state index contributed by atoms with van der Waals surface area (Å²) in [6, 6.07) is 53.4. The number of hydrogen-bond acceptors (Lipinski definition) is 7. The van der Waals surface area contributed by atoms with Gasteiger partial charge in [0.05, 0.1) is 39.1 Å². The molecule has 0 aliphatic carbocycles. The van der Waals surface area contributed by atoms with Crippen LogP contribution in [-0.2, 0) is 28.2 Å². The Morgan fingerprint density at radius 3 is 1.04 bits per heavy atom. The number of imide groups is 1. The smallest absolute Gasteiger partial charge is 0.399 e. The normalized spacial score (nSPS) is 17.1. The zero-order chi connectivity index (χ0) is 52.9. The quantitative estimate of drug-likeness (QED) is 0.116. The summed E-state index contributed by atoms with van der Waals surface area (Å²) in [6.45, 7) is 16.6. The Morgan fingerprint density at radius 1 is 0.392 bits per heavy atom. The molecule has 0 radical (unpaired) electrons. The highest BCUT2D eigenvalue weighted by Gasteiger charge is 2.52. The van der Waals surface area contributed by atoms with Gasteiger partial charge in [-0.15, -0.1) is 0 Å². The highest BCUT2D eigenvalue weighted by molar-refractivity contribution is 9.11. The summed E-state index contributed by atoms with van der Waals surface area (Å²) in [5.41, 5.74) is 7.79. The molecular weight excluding hydrogens is 1260 g/mol. The third-order valence-corrected chi connectivity index (χ3v) is 16.7. The van der Waals surface area contributed by atoms with E-state index in [4.69, 9.17) is 18.6 Å². The minimum atomic E-state index is -0.394. The van der Waals surface area contributed by atoms with Crippen LogP contribution in [-0.4, -0.2) is 53.0 Å². The van der Waals surface area contributed by atoms with Crippen LogP contribution in [0.1, 0.15) is 55.4 Å². The third kappa shape index (κ3) is 11.3. The average molecular weight is 1310 g/mol. The first-order valence-corrected chi connectivity index (χ1v) is 27.9. The molecule has 16 heteroatoms. The van der Waals surface area contributed by atoms with Crippen molar-refractivity contribution in [3.8, 4) is 5.69 Å². The van der Waals surface area contributed by atoms with Crippen LogP contribution in [0.5, 0.6) is 0 Å². The molecule has 0 N–H and O–H groups in total. The maximum atomic E-state index is 11.3. The van der Waals surface area contributed by atoms with E-state index in [1.807, 2.05) is 0 Å². The lowest BCUT2D eigenvalue weighted by atomic mass is 9.79. The van der Waals surface area contributed by atoms with Crippen molar-refractivity contribution in [3.63, 3.8) is 0 Å². The number of benzene rings is 7. The number of halogens is 5. The van der Waals surface area contributed by atoms with Gasteiger partial charge in [-0.3, -0.25) is 9.59 Å². The van der Waals surface area contributed by atoms with Gasteiger partial charge in [-0.05, 0) is 200 Å². The minimum absolute atomic E-state index is 0.294. The first kappa shape index (κ1) is 54.2. The first-order chi connectivity index (χ1) is 35.0. The molecule has 376 valence electrons. The predicted octanol–water partition coefficient (Wildman–Crippen LogP) is 15.5. The van der Waals surface area contributed by atoms with Gasteiger partial charge in [-0.25, -0.2) is 4.90 Å². The van der Waals surface area contributed by atoms with Gasteiger partial charge < -0.3 is 28.1 Å². The van der Waals surface area contributed by atoms with Crippen molar-refractivity contribution in [3.05, 3.63) is 192 Å². The molecule has 11 rings (SSSR count). The van der Waals surface area contributed by atoms with E-state index >= 15 is 0 Å². The number of aromatic nitrogens is 1. The molecule has 3 aliphatic heterocycles. The Labute approximate surface area is 475 Å². The van der Waals surface area contributed by atoms with E-state index in [1.54, 1.807) is 24.3 Å². The summed E-state index contributed by atoms with van der Waals surface area (Å²) >= 11 is 17.5. The van der Waals surface area contributed by atoms with Crippen molar-refractivity contribution in [1.82, 2.24) is 4.57 Å². The second-order valence-electron chi connectivity index (χ2n) is 20.1. The van der Waals surface area contributed by atoms with E-state index in [9.17, 15) is 9.59 Å². The van der Waals surface area contributed by atoms with Crippen molar-refractivity contribution in [2.45, 2.75) is 77.8 Å². The van der Waals surface area contributed by atoms with Crippen molar-refractivity contribution < 1.29 is 28.2 Å². The van der Waals surface area contributed by atoms with E-state index in [0.29, 0.717) is 5.69 Å². The van der Waals surface area contributed by atoms with E-state index in [-0.39, 0.29) is 34.2 Å². The average Bonchev–Trinajstić information content (AvgIpc) is 4.01. The molecule has 2 fully saturated rings. The number of hydrogen-bond donors (Lipinski definition) is 0. The number of carbonyl (C=O) groups is 2. The van der Waals surface area contributed by atoms with Crippen LogP contribution >= 0.6 is 79.6 Å². The summed E-state index contributed by atoms with van der Waals surface area (Å²) < 4.78 is 32.6. The Kier molecular flexibility index (Phi) is 15.7. The molecule has 4 heterocycles. The lowest BCUT2D eigenvalue weighted by Gasteiger charge is -2.32. The molecule has 2 amide bonds. The number of rotatable bonds is 7. The monoisotopic (exact) mass is 1300 g/mol. The number of fused-ring (bicyclic) bond motifs is 3. The summed E-state index contributed by atoms with van der Waals surface area (Å²) in [6.07, 6.45) is 2.54. The van der Waals surface area contributed by atoms with Gasteiger partial charge in [-0.2, -0.15) is 0 Å². The Balaban J connectivity index is 0.000000156. The van der Waals surface area contributed by atoms with Crippen molar-refractivity contribution in [1.29, 1.82) is 0 Å². The topological polar surface area (TPSA) is 82.5 Å². The van der Waals surface area contributed by atoms with Gasteiger partial charge in [0.25, 0.3) is 11.8 Å². The van der Waals surface area contributed by atoms with Crippen LogP contribution in [0.15, 0.2) is 192 Å². The molecule has 9 nitrogen and oxygen atoms in total. The minimum Gasteiger partial charge on any atom is -0.399 e. The summed E-state index contributed by atoms with van der Waals surface area (Å²) in [5, 5.41) is 2.49. The fraction of sp³-hybridized carbons (Fsp3) is 0.207. The van der Waals surface area contributed by atoms with Crippen LogP contribution < -0.4 is 20.7 Å². The van der Waals surface area contributed by atoms with Crippen molar-refractivity contribution in [2.24, 2.45) is 0 Å². The van der Waals surface area contributed by atoms with E-state index in [1.165, 1.54) is 34.0 Å². The van der Waals surface area contributed by atoms with Crippen LogP contribution in [0.3, 0.4) is 0 Å². The van der Waals surface area contributed by atoms with Crippen molar-refractivity contribution in [2.75, 3.05) is 9.80 Å². The zero-order valence-corrected chi connectivity index (χ0v) is 49.9. The molecule has 1 aromatic heterocycles. The second-order valence-corrected chi connectivity index (χ2v) is 24.7. The molecule has 7 aromatic carbocycles. The largest absolute Gasteiger partial charge is 0.494 e. The molecule has 0 saturated carbocycles. The second kappa shape index (κ2) is 21.4. The highest BCUT2D eigenvalue weighted by Crippen LogP contribution is 2.40. The molecule has 0 bridgehead atoms. The lowest BCUT2D eigenvalue weighted by molar-refractivity contribution is -0.120. The van der Waals surface area contributed by atoms with E-state index in [0.717, 1.165) is 60.9 Å². The fourth-order valence-electron chi connectivity index (χ4n) is 8.64. The Hall–Kier alpha value is -4.61. The maximum Gasteiger partial charge on any atom is 0.494 e. The van der Waals surface area contributed by atoms with E-state index in [2.05, 4.69) is 278 Å². The first-order valence-electron chi connectivity index (χ1n) is 23.9. The predicted molar refractivity (Wildman–Crippen MR) is 320 cm³/mol. The van der Waals surface area contributed by atoms with Crippen molar-refractivity contribution >= 4 is 161 Å². The van der Waals surface area contributed by atoms with Gasteiger partial charge in [0.2, 0.25) is 0 Å². The van der Waals surface area contributed by atoms with Crippen LogP contribution in [0.2, 0.25) is 0 Å². The summed E-state index contributed by atoms with van der Waals surface area (Å²) in [4.78, 5) is 25.9. The van der Waals surface area contributed by atoms with Crippen LogP contribution in [0.25, 0.3) is 27.5 Å². The number of amides is 2. The number of carbonyl (C=O) groups excluding carboxylic acids is 2. The molecule has 2 saturated heterocycles. The molecule has 8 aromatic rings. The highest BCUT2D eigenvalue weighted by atomic mass is 79.9. The van der Waals surface area contributed by atoms with Crippen LogP contribution in [0, 0.1) is 0 Å². The summed E-state index contributed by atoms with van der Waals surface area (Å²) in [5.74, 6) is -0.588. The molecule has 74 heavy (non-hydrogen) atoms. The van der Waals surface area contributed by atoms with Gasteiger partial charge in [0.1, 0.15) is 0 Å². The van der Waals surface area contributed by atoms with Gasteiger partial charge in [-0.1, -0.05) is 104 Å². The Morgan fingerprint density at radius 2 is 0.689 bits per heavy atom. The van der Waals surface area contributed by atoms with Gasteiger partial charge >= 0.3 is 14.2 Å². The fourth-order valence-corrected chi connectivity index (χ4v) is 10.2. The number of nitrogens with zero attached hydrogens (tertiary/aromatic N) is 3. The molecular formula is C58H52B2Br5N3O6.